The number of aliphatic hydroxyl groups is 1. The van der Waals surface area contributed by atoms with Crippen LogP contribution < -0.4 is 0 Å². The maximum Gasteiger partial charge on any atom is 0.219 e. The number of furan rings is 2. The zero-order valence-electron chi connectivity index (χ0n) is 35.9. The van der Waals surface area contributed by atoms with E-state index in [1.165, 1.54) is 22.6 Å². The first-order chi connectivity index (χ1) is 25.9. The largest absolute Gasteiger partial charge is 0.512 e. The number of allylic oxidation sites excluding steroid dienone is 2. The van der Waals surface area contributed by atoms with Gasteiger partial charge in [0.05, 0.1) is 6.26 Å². The first-order valence-corrected chi connectivity index (χ1v) is 20.2. The van der Waals surface area contributed by atoms with E-state index < -0.39 is 0 Å². The fourth-order valence-electron chi connectivity index (χ4n) is 7.23. The molecule has 6 rings (SSSR count). The van der Waals surface area contributed by atoms with E-state index in [4.69, 9.17) is 13.8 Å². The van der Waals surface area contributed by atoms with E-state index in [9.17, 15) is 9.90 Å². The summed E-state index contributed by atoms with van der Waals surface area (Å²) in [5.41, 5.74) is 8.65. The minimum atomic E-state index is -0.337. The number of nitrogens with zero attached hydrogens (tertiary/aromatic N) is 1. The van der Waals surface area contributed by atoms with Crippen LogP contribution in [0.2, 0.25) is 0 Å². The predicted octanol–water partition coefficient (Wildman–Crippen LogP) is 14.6. The van der Waals surface area contributed by atoms with Gasteiger partial charge in [-0.05, 0) is 85.3 Å². The molecule has 301 valence electrons. The molecule has 0 fully saturated rings. The van der Waals surface area contributed by atoms with Crippen LogP contribution in [0.1, 0.15) is 124 Å². The van der Waals surface area contributed by atoms with E-state index in [0.717, 1.165) is 87.6 Å². The molecule has 56 heavy (non-hydrogen) atoms. The zero-order chi connectivity index (χ0) is 40.5. The van der Waals surface area contributed by atoms with Crippen LogP contribution in [0.25, 0.3) is 55.2 Å². The minimum absolute atomic E-state index is 0. The van der Waals surface area contributed by atoms with Crippen molar-refractivity contribution in [2.24, 2.45) is 16.7 Å². The van der Waals surface area contributed by atoms with E-state index in [1.807, 2.05) is 41.5 Å². The quantitative estimate of drug-likeness (QED) is 0.0796. The summed E-state index contributed by atoms with van der Waals surface area (Å²) in [5, 5.41) is 14.7. The van der Waals surface area contributed by atoms with Gasteiger partial charge < -0.3 is 13.9 Å². The van der Waals surface area contributed by atoms with E-state index >= 15 is 0 Å². The van der Waals surface area contributed by atoms with Crippen molar-refractivity contribution >= 4 is 38.6 Å². The van der Waals surface area contributed by atoms with Gasteiger partial charge in [-0.1, -0.05) is 117 Å². The van der Waals surface area contributed by atoms with Gasteiger partial charge in [-0.2, -0.15) is 0 Å². The Morgan fingerprint density at radius 1 is 0.875 bits per heavy atom. The fraction of sp³-hybridized carbons (Fsp3) is 0.440. The molecule has 6 heteroatoms. The van der Waals surface area contributed by atoms with Crippen molar-refractivity contribution in [1.29, 1.82) is 0 Å². The molecule has 5 nitrogen and oxygen atoms in total. The van der Waals surface area contributed by atoms with Crippen molar-refractivity contribution in [2.45, 2.75) is 128 Å². The van der Waals surface area contributed by atoms with Gasteiger partial charge in [0, 0.05) is 59.9 Å². The third-order valence-corrected chi connectivity index (χ3v) is 12.1. The SMILES string of the molecule is CCC(C)(CC)C(=O)/C=C(\O)C(C)(CC)CC.Cc1c(CC(C)C)oc2ccc(-c3cc(-c4[c-]c5ccccc5c(C(C)(C)C)c4)nc4occ(C)c34)cc12.[Ir]. The number of aliphatic hydroxyl groups excluding tert-OH is 1. The van der Waals surface area contributed by atoms with Crippen LogP contribution in [-0.4, -0.2) is 15.9 Å². The molecule has 3 heterocycles. The molecule has 6 aromatic rings. The van der Waals surface area contributed by atoms with Gasteiger partial charge >= 0.3 is 0 Å². The zero-order valence-corrected chi connectivity index (χ0v) is 38.3. The fourth-order valence-corrected chi connectivity index (χ4v) is 7.23. The predicted molar refractivity (Wildman–Crippen MR) is 231 cm³/mol. The van der Waals surface area contributed by atoms with Crippen molar-refractivity contribution in [2.75, 3.05) is 0 Å². The molecule has 0 aliphatic carbocycles. The van der Waals surface area contributed by atoms with Gasteiger partial charge in [0.2, 0.25) is 5.71 Å². The molecule has 0 aliphatic rings. The van der Waals surface area contributed by atoms with E-state index in [2.05, 4.69) is 109 Å². The van der Waals surface area contributed by atoms with Crippen LogP contribution in [0, 0.1) is 36.7 Å². The van der Waals surface area contributed by atoms with Crippen LogP contribution in [0.15, 0.2) is 81.5 Å². The molecule has 3 aromatic carbocycles. The third kappa shape index (κ3) is 9.08. The summed E-state index contributed by atoms with van der Waals surface area (Å²) in [7, 11) is 0. The first kappa shape index (κ1) is 44.7. The van der Waals surface area contributed by atoms with Gasteiger partial charge in [-0.25, -0.2) is 0 Å². The van der Waals surface area contributed by atoms with Crippen LogP contribution in [0.4, 0.5) is 0 Å². The monoisotopic (exact) mass is 933 g/mol. The number of hydrogen-bond acceptors (Lipinski definition) is 5. The standard InChI is InChI=1S/C35H34NO2.C15H28O2.Ir/c1-20(2)14-32-22(4)27-16-24(12-13-31(27)38-32)28-18-30(36-34-33(28)21(3)19-37-34)25-15-23-10-8-9-11-26(23)29(17-25)35(5,6)7;1-7-14(5,8-2)12(16)11-13(17)15(6,9-3)10-4;/h8-13,16-20H,14H2,1-7H3;11,16H,7-10H2,1-6H3;/q-1;;/b;12-11-;. The Morgan fingerprint density at radius 2 is 1.52 bits per heavy atom. The maximum absolute atomic E-state index is 12.2. The number of aryl methyl sites for hydroxylation is 2. The number of fused-ring (bicyclic) bond motifs is 3. The molecule has 1 N–H and O–H groups in total. The van der Waals surface area contributed by atoms with Gasteiger partial charge in [0.15, 0.2) is 5.78 Å². The summed E-state index contributed by atoms with van der Waals surface area (Å²) in [6.45, 7) is 27.6. The molecule has 0 amide bonds. The molecule has 0 unspecified atom stereocenters. The third-order valence-electron chi connectivity index (χ3n) is 12.1. The normalized spacial score (nSPS) is 12.6. The second kappa shape index (κ2) is 17.7. The Labute approximate surface area is 348 Å². The number of carbonyl (C=O) groups is 1. The Bertz CT molecular complexity index is 2340. The Hall–Kier alpha value is -3.99. The number of benzene rings is 3. The summed E-state index contributed by atoms with van der Waals surface area (Å²) >= 11 is 0. The molecular weight excluding hydrogens is 871 g/mol. The van der Waals surface area contributed by atoms with Crippen molar-refractivity contribution in [3.8, 4) is 22.4 Å². The topological polar surface area (TPSA) is 76.5 Å². The number of hydrogen-bond donors (Lipinski definition) is 1. The number of carbonyl (C=O) groups excluding carboxylic acids is 1. The first-order valence-electron chi connectivity index (χ1n) is 20.2. The minimum Gasteiger partial charge on any atom is -0.512 e. The molecule has 0 atom stereocenters. The van der Waals surface area contributed by atoms with Crippen molar-refractivity contribution < 1.29 is 38.8 Å². The van der Waals surface area contributed by atoms with Crippen LogP contribution in [0.3, 0.4) is 0 Å². The molecule has 0 spiro atoms. The summed E-state index contributed by atoms with van der Waals surface area (Å²) in [6.07, 6.45) is 7.50. The van der Waals surface area contributed by atoms with E-state index in [0.29, 0.717) is 11.6 Å². The molecule has 0 saturated carbocycles. The molecule has 0 bridgehead atoms. The second-order valence-corrected chi connectivity index (χ2v) is 17.4. The number of aromatic nitrogens is 1. The van der Waals surface area contributed by atoms with Crippen LogP contribution in [0.5, 0.6) is 0 Å². The Morgan fingerprint density at radius 3 is 2.12 bits per heavy atom. The molecule has 0 saturated heterocycles. The number of rotatable bonds is 11. The van der Waals surface area contributed by atoms with Crippen LogP contribution in [-0.2, 0) is 36.7 Å². The molecular formula is C50H62IrNO4-. The summed E-state index contributed by atoms with van der Waals surface area (Å²) in [4.78, 5) is 17.2. The van der Waals surface area contributed by atoms with Gasteiger partial charge in [0.25, 0.3) is 0 Å². The van der Waals surface area contributed by atoms with Crippen molar-refractivity contribution in [3.63, 3.8) is 0 Å². The van der Waals surface area contributed by atoms with Crippen LogP contribution >= 0.6 is 0 Å². The van der Waals surface area contributed by atoms with Crippen molar-refractivity contribution in [1.82, 2.24) is 4.98 Å². The Balaban J connectivity index is 0.000000330. The summed E-state index contributed by atoms with van der Waals surface area (Å²) in [5.74, 6) is 1.90. The van der Waals surface area contributed by atoms with E-state index in [1.54, 1.807) is 6.26 Å². The van der Waals surface area contributed by atoms with Gasteiger partial charge in [0.1, 0.15) is 17.1 Å². The number of pyridine rings is 1. The Kier molecular flexibility index (Phi) is 14.1. The summed E-state index contributed by atoms with van der Waals surface area (Å²) < 4.78 is 12.2. The van der Waals surface area contributed by atoms with Crippen molar-refractivity contribution in [3.05, 3.63) is 101 Å². The average molecular weight is 933 g/mol. The van der Waals surface area contributed by atoms with E-state index in [-0.39, 0.29) is 47.9 Å². The maximum atomic E-state index is 12.2. The second-order valence-electron chi connectivity index (χ2n) is 17.4. The molecule has 0 aliphatic heterocycles. The average Bonchev–Trinajstić information content (AvgIpc) is 3.70. The smallest absolute Gasteiger partial charge is 0.219 e. The number of ketones is 1. The van der Waals surface area contributed by atoms with Gasteiger partial charge in [-0.15, -0.1) is 29.1 Å². The molecule has 1 radical (unpaired) electrons. The van der Waals surface area contributed by atoms with Gasteiger partial charge in [-0.3, -0.25) is 9.78 Å². The summed E-state index contributed by atoms with van der Waals surface area (Å²) in [6, 6.07) is 23.1. The molecule has 3 aromatic heterocycles.